The molecule has 0 radical (unpaired) electrons. The molecule has 0 aromatic rings. The second-order valence-electron chi connectivity index (χ2n) is 11.0. The van der Waals surface area contributed by atoms with Gasteiger partial charge in [0, 0.05) is 13.1 Å². The summed E-state index contributed by atoms with van der Waals surface area (Å²) in [5.41, 5.74) is -2.35. The number of nitrogens with zero attached hydrogens (tertiary/aromatic N) is 2. The largest absolute Gasteiger partial charge is 0.465 e. The molecule has 1 unspecified atom stereocenters. The maximum atomic E-state index is 14.3. The number of esters is 1. The highest BCUT2D eigenvalue weighted by Gasteiger charge is 2.75. The van der Waals surface area contributed by atoms with Gasteiger partial charge in [-0.2, -0.15) is 0 Å². The fourth-order valence-electron chi connectivity index (χ4n) is 6.59. The first kappa shape index (κ1) is 26.9. The van der Waals surface area contributed by atoms with Gasteiger partial charge in [-0.15, -0.1) is 0 Å². The summed E-state index contributed by atoms with van der Waals surface area (Å²) in [6, 6.07) is -1.52. The zero-order chi connectivity index (χ0) is 26.1. The maximum absolute atomic E-state index is 14.3. The summed E-state index contributed by atoms with van der Waals surface area (Å²) in [4.78, 5) is 45.4. The molecule has 0 saturated carbocycles. The van der Waals surface area contributed by atoms with Gasteiger partial charge in [0.25, 0.3) is 0 Å². The summed E-state index contributed by atoms with van der Waals surface area (Å²) in [5, 5.41) is 10.3. The maximum Gasteiger partial charge on any atom is 0.313 e. The first-order valence-electron chi connectivity index (χ1n) is 13.7. The van der Waals surface area contributed by atoms with Crippen LogP contribution in [0.2, 0.25) is 0 Å². The summed E-state index contributed by atoms with van der Waals surface area (Å²) in [6.07, 6.45) is 12.6. The molecule has 4 rings (SSSR count). The van der Waals surface area contributed by atoms with Crippen LogP contribution in [-0.4, -0.2) is 82.3 Å². The van der Waals surface area contributed by atoms with Crippen LogP contribution in [0, 0.1) is 17.8 Å². The third-order valence-corrected chi connectivity index (χ3v) is 8.50. The van der Waals surface area contributed by atoms with Crippen LogP contribution in [0.3, 0.4) is 0 Å². The average Bonchev–Trinajstić information content (AvgIpc) is 3.23. The Morgan fingerprint density at radius 3 is 2.53 bits per heavy atom. The minimum Gasteiger partial charge on any atom is -0.465 e. The number of carbonyl (C=O) groups is 3. The second-order valence-corrected chi connectivity index (χ2v) is 11.0. The lowest BCUT2D eigenvalue weighted by molar-refractivity contribution is -0.163. The molecule has 0 bridgehead atoms. The van der Waals surface area contributed by atoms with Gasteiger partial charge in [-0.3, -0.25) is 14.4 Å². The molecule has 1 N–H and O–H groups in total. The van der Waals surface area contributed by atoms with Crippen LogP contribution >= 0.6 is 0 Å². The van der Waals surface area contributed by atoms with Crippen molar-refractivity contribution in [3.05, 3.63) is 24.3 Å². The summed E-state index contributed by atoms with van der Waals surface area (Å²) >= 11 is 0. The topological polar surface area (TPSA) is 96.4 Å². The lowest BCUT2D eigenvalue weighted by Gasteiger charge is -2.41. The predicted octanol–water partition coefficient (Wildman–Crippen LogP) is 2.85. The number of likely N-dealkylation sites (tertiary alicyclic amines) is 1. The van der Waals surface area contributed by atoms with E-state index in [0.717, 1.165) is 25.7 Å². The Labute approximate surface area is 214 Å². The van der Waals surface area contributed by atoms with Crippen molar-refractivity contribution in [2.24, 2.45) is 17.8 Å². The number of carbonyl (C=O) groups excluding carboxylic acids is 3. The van der Waals surface area contributed by atoms with E-state index in [9.17, 15) is 19.5 Å². The van der Waals surface area contributed by atoms with Crippen molar-refractivity contribution >= 4 is 17.8 Å². The molecular formula is C28H42N2O6. The van der Waals surface area contributed by atoms with E-state index in [1.165, 1.54) is 0 Å². The third kappa shape index (κ3) is 4.20. The third-order valence-electron chi connectivity index (χ3n) is 8.50. The molecule has 36 heavy (non-hydrogen) atoms. The molecule has 0 aromatic heterocycles. The van der Waals surface area contributed by atoms with Gasteiger partial charge in [0.05, 0.1) is 25.2 Å². The van der Waals surface area contributed by atoms with E-state index in [2.05, 4.69) is 6.92 Å². The van der Waals surface area contributed by atoms with Gasteiger partial charge < -0.3 is 24.4 Å². The minimum absolute atomic E-state index is 0.0910. The van der Waals surface area contributed by atoms with Gasteiger partial charge in [-0.25, -0.2) is 0 Å². The van der Waals surface area contributed by atoms with E-state index < -0.39 is 41.1 Å². The zero-order valence-electron chi connectivity index (χ0n) is 22.2. The molecule has 0 aliphatic carbocycles. The Kier molecular flexibility index (Phi) is 7.95. The van der Waals surface area contributed by atoms with E-state index in [1.54, 1.807) is 9.80 Å². The Morgan fingerprint density at radius 2 is 1.86 bits per heavy atom. The van der Waals surface area contributed by atoms with Crippen LogP contribution < -0.4 is 0 Å². The molecule has 0 aromatic carbocycles. The normalized spacial score (nSPS) is 35.9. The predicted molar refractivity (Wildman–Crippen MR) is 135 cm³/mol. The molecule has 6 atom stereocenters. The number of rotatable bonds is 8. The molecule has 1 spiro atoms. The summed E-state index contributed by atoms with van der Waals surface area (Å²) < 4.78 is 12.6. The summed E-state index contributed by atoms with van der Waals surface area (Å²) in [7, 11) is 0. The smallest absolute Gasteiger partial charge is 0.313 e. The van der Waals surface area contributed by atoms with Crippen LogP contribution in [0.15, 0.2) is 24.3 Å². The van der Waals surface area contributed by atoms with Gasteiger partial charge >= 0.3 is 5.97 Å². The molecule has 2 amide bonds. The van der Waals surface area contributed by atoms with Crippen molar-refractivity contribution in [3.8, 4) is 0 Å². The number of ether oxygens (including phenoxy) is 2. The van der Waals surface area contributed by atoms with Crippen LogP contribution in [-0.2, 0) is 23.9 Å². The van der Waals surface area contributed by atoms with E-state index in [1.807, 2.05) is 45.1 Å². The highest BCUT2D eigenvalue weighted by molar-refractivity contribution is 5.99. The lowest BCUT2D eigenvalue weighted by atomic mass is 9.73. The number of fused-ring (bicyclic) bond motifs is 2. The summed E-state index contributed by atoms with van der Waals surface area (Å²) in [6.45, 7) is 8.95. The average molecular weight is 503 g/mol. The standard InChI is InChI=1S/C28H42N2O6/c1-5-7-10-15-29-16-12-14-28-21(24(32)30(23(28)25(29)33)20(18-31)19(3)4)22-26(34)35-17-11-8-9-13-27(22,6-2)36-28/h9,12-14,19-23,31H,5-8,10-11,15-18H2,1-4H3/b13-9-/t20-,21-,22-,23?,27+,28-/m0/s1. The lowest BCUT2D eigenvalue weighted by Crippen LogP contribution is -2.59. The Hall–Kier alpha value is -2.19. The number of aliphatic hydroxyl groups is 1. The van der Waals surface area contributed by atoms with E-state index in [-0.39, 0.29) is 30.9 Å². The van der Waals surface area contributed by atoms with Crippen LogP contribution in [0.1, 0.15) is 66.2 Å². The molecule has 8 nitrogen and oxygen atoms in total. The molecule has 4 aliphatic rings. The first-order valence-corrected chi connectivity index (χ1v) is 13.7. The Bertz CT molecular complexity index is 916. The molecule has 200 valence electrons. The summed E-state index contributed by atoms with van der Waals surface area (Å²) in [5.74, 6) is -2.80. The van der Waals surface area contributed by atoms with E-state index in [0.29, 0.717) is 25.9 Å². The van der Waals surface area contributed by atoms with Gasteiger partial charge in [0.15, 0.2) is 0 Å². The monoisotopic (exact) mass is 502 g/mol. The Balaban J connectivity index is 1.87. The fraction of sp³-hybridized carbons (Fsp3) is 0.750. The van der Waals surface area contributed by atoms with E-state index in [4.69, 9.17) is 9.47 Å². The molecule has 4 aliphatic heterocycles. The molecule has 8 heteroatoms. The number of hydrogen-bond acceptors (Lipinski definition) is 6. The van der Waals surface area contributed by atoms with Gasteiger partial charge in [0.1, 0.15) is 23.2 Å². The van der Waals surface area contributed by atoms with Gasteiger partial charge in [0.2, 0.25) is 11.8 Å². The zero-order valence-corrected chi connectivity index (χ0v) is 22.2. The fourth-order valence-corrected chi connectivity index (χ4v) is 6.59. The SMILES string of the molecule is CCCCCN1CC=C[C@]23O[C@]4(CC)/C=C\CCCOC(=O)[C@@H]4[C@H]2C(=O)N([C@@H](CO)C(C)C)C3C1=O. The highest BCUT2D eigenvalue weighted by Crippen LogP contribution is 2.58. The van der Waals surface area contributed by atoms with Crippen molar-refractivity contribution in [1.82, 2.24) is 9.80 Å². The van der Waals surface area contributed by atoms with Crippen LogP contribution in [0.5, 0.6) is 0 Å². The number of unbranched alkanes of at least 4 members (excludes halogenated alkanes) is 2. The number of aliphatic hydroxyl groups excluding tert-OH is 1. The van der Waals surface area contributed by atoms with Crippen LogP contribution in [0.4, 0.5) is 0 Å². The first-order chi connectivity index (χ1) is 17.3. The number of cyclic esters (lactones) is 1. The number of hydrogen-bond donors (Lipinski definition) is 1. The molecule has 2 fully saturated rings. The van der Waals surface area contributed by atoms with Crippen molar-refractivity contribution in [1.29, 1.82) is 0 Å². The minimum atomic E-state index is -1.31. The Morgan fingerprint density at radius 1 is 1.08 bits per heavy atom. The van der Waals surface area contributed by atoms with Gasteiger partial charge in [-0.1, -0.05) is 64.8 Å². The number of amides is 2. The van der Waals surface area contributed by atoms with Crippen molar-refractivity contribution < 1.29 is 29.0 Å². The molecule has 4 heterocycles. The molecule has 2 saturated heterocycles. The van der Waals surface area contributed by atoms with Crippen LogP contribution in [0.25, 0.3) is 0 Å². The van der Waals surface area contributed by atoms with Crippen molar-refractivity contribution in [2.75, 3.05) is 26.3 Å². The van der Waals surface area contributed by atoms with Gasteiger partial charge in [-0.05, 0) is 31.6 Å². The quantitative estimate of drug-likeness (QED) is 0.312. The highest BCUT2D eigenvalue weighted by atomic mass is 16.6. The molecular weight excluding hydrogens is 460 g/mol. The second kappa shape index (κ2) is 10.7. The van der Waals surface area contributed by atoms with Crippen molar-refractivity contribution in [2.45, 2.75) is 89.5 Å². The van der Waals surface area contributed by atoms with E-state index >= 15 is 0 Å². The number of allylic oxidation sites excluding steroid dienone is 1. The van der Waals surface area contributed by atoms with Crippen molar-refractivity contribution in [3.63, 3.8) is 0 Å².